The molecule has 2 aromatic heterocycles. The second-order valence-electron chi connectivity index (χ2n) is 4.39. The highest BCUT2D eigenvalue weighted by Gasteiger charge is 2.10. The van der Waals surface area contributed by atoms with Gasteiger partial charge in [-0.1, -0.05) is 11.6 Å². The molecule has 0 aliphatic rings. The fourth-order valence-electron chi connectivity index (χ4n) is 1.92. The van der Waals surface area contributed by atoms with Gasteiger partial charge in [-0.2, -0.15) is 4.98 Å². The molecule has 0 aliphatic heterocycles. The van der Waals surface area contributed by atoms with Gasteiger partial charge in [0.1, 0.15) is 28.5 Å². The van der Waals surface area contributed by atoms with E-state index in [0.717, 1.165) is 10.9 Å². The number of fused-ring (bicyclic) bond motifs is 1. The molecule has 3 aromatic rings. The van der Waals surface area contributed by atoms with Gasteiger partial charge in [-0.05, 0) is 24.6 Å². The first kappa shape index (κ1) is 13.4. The van der Waals surface area contributed by atoms with Crippen molar-refractivity contribution in [2.45, 2.75) is 6.92 Å². The number of aryl methyl sites for hydroxylation is 1. The highest BCUT2D eigenvalue weighted by molar-refractivity contribution is 6.34. The second kappa shape index (κ2) is 5.06. The zero-order valence-electron chi connectivity index (χ0n) is 11.0. The summed E-state index contributed by atoms with van der Waals surface area (Å²) in [5.74, 6) is 0.694. The topological polar surface area (TPSA) is 91.2 Å². The van der Waals surface area contributed by atoms with Crippen LogP contribution in [0.25, 0.3) is 11.0 Å². The van der Waals surface area contributed by atoms with Crippen LogP contribution in [-0.2, 0) is 0 Å². The van der Waals surface area contributed by atoms with Crippen molar-refractivity contribution in [2.24, 2.45) is 0 Å². The minimum Gasteiger partial charge on any atom is -0.437 e. The Morgan fingerprint density at radius 1 is 1.29 bits per heavy atom. The zero-order valence-corrected chi connectivity index (χ0v) is 11.7. The smallest absolute Gasteiger partial charge is 0.336 e. The van der Waals surface area contributed by atoms with E-state index in [1.165, 1.54) is 12.4 Å². The van der Waals surface area contributed by atoms with Crippen LogP contribution in [0.1, 0.15) is 5.56 Å². The number of nitrogens with zero attached hydrogens (tertiary/aromatic N) is 2. The van der Waals surface area contributed by atoms with Crippen LogP contribution in [0.2, 0.25) is 5.02 Å². The minimum atomic E-state index is -0.415. The third kappa shape index (κ3) is 2.53. The molecule has 7 heteroatoms. The molecule has 0 bridgehead atoms. The van der Waals surface area contributed by atoms with Gasteiger partial charge in [-0.3, -0.25) is 0 Å². The van der Waals surface area contributed by atoms with E-state index in [1.54, 1.807) is 18.2 Å². The van der Waals surface area contributed by atoms with Crippen LogP contribution >= 0.6 is 11.6 Å². The van der Waals surface area contributed by atoms with E-state index in [1.807, 2.05) is 6.92 Å². The van der Waals surface area contributed by atoms with E-state index in [9.17, 15) is 4.79 Å². The summed E-state index contributed by atoms with van der Waals surface area (Å²) in [6.45, 7) is 1.84. The summed E-state index contributed by atoms with van der Waals surface area (Å²) in [4.78, 5) is 19.1. The SMILES string of the molecule is Cc1cc(=O)oc2cc(Oc3ncnc(N)c3Cl)ccc12. The molecule has 0 atom stereocenters. The number of aromatic nitrogens is 2. The Bertz CT molecular complexity index is 892. The molecule has 21 heavy (non-hydrogen) atoms. The average molecular weight is 304 g/mol. The number of hydrogen-bond acceptors (Lipinski definition) is 6. The first-order valence-corrected chi connectivity index (χ1v) is 6.41. The normalized spacial score (nSPS) is 10.8. The quantitative estimate of drug-likeness (QED) is 0.732. The number of anilines is 1. The Kier molecular flexibility index (Phi) is 3.23. The van der Waals surface area contributed by atoms with Crippen LogP contribution in [-0.4, -0.2) is 9.97 Å². The molecule has 0 saturated heterocycles. The number of benzene rings is 1. The summed E-state index contributed by atoms with van der Waals surface area (Å²) in [6, 6.07) is 6.55. The van der Waals surface area contributed by atoms with Gasteiger partial charge in [0.15, 0.2) is 0 Å². The van der Waals surface area contributed by atoms with Crippen molar-refractivity contribution >= 4 is 28.4 Å². The van der Waals surface area contributed by atoms with Crippen LogP contribution in [0.5, 0.6) is 11.6 Å². The lowest BCUT2D eigenvalue weighted by molar-refractivity contribution is 0.460. The van der Waals surface area contributed by atoms with Crippen molar-refractivity contribution in [3.8, 4) is 11.6 Å². The summed E-state index contributed by atoms with van der Waals surface area (Å²) in [6.07, 6.45) is 1.25. The van der Waals surface area contributed by atoms with Crippen molar-refractivity contribution in [2.75, 3.05) is 5.73 Å². The van der Waals surface area contributed by atoms with Crippen LogP contribution < -0.4 is 16.1 Å². The average Bonchev–Trinajstić information content (AvgIpc) is 2.43. The largest absolute Gasteiger partial charge is 0.437 e. The summed E-state index contributed by atoms with van der Waals surface area (Å²) in [5, 5.41) is 0.957. The number of hydrogen-bond donors (Lipinski definition) is 1. The zero-order chi connectivity index (χ0) is 15.0. The Labute approximate surface area is 124 Å². The molecule has 0 saturated carbocycles. The third-order valence-corrected chi connectivity index (χ3v) is 3.28. The van der Waals surface area contributed by atoms with Gasteiger partial charge in [0, 0.05) is 17.5 Å². The Balaban J connectivity index is 2.05. The molecular weight excluding hydrogens is 294 g/mol. The highest BCUT2D eigenvalue weighted by atomic mass is 35.5. The number of halogens is 1. The van der Waals surface area contributed by atoms with Crippen LogP contribution in [0, 0.1) is 6.92 Å². The maximum Gasteiger partial charge on any atom is 0.336 e. The summed E-state index contributed by atoms with van der Waals surface area (Å²) in [5.41, 5.74) is 6.42. The number of rotatable bonds is 2. The van der Waals surface area contributed by atoms with Gasteiger partial charge < -0.3 is 14.9 Å². The van der Waals surface area contributed by atoms with Crippen LogP contribution in [0.15, 0.2) is 39.8 Å². The standard InChI is InChI=1S/C14H10ClN3O3/c1-7-4-11(19)21-10-5-8(2-3-9(7)10)20-14-12(15)13(16)17-6-18-14/h2-6H,1H3,(H2,16,17,18). The van der Waals surface area contributed by atoms with Crippen LogP contribution in [0.4, 0.5) is 5.82 Å². The fourth-order valence-corrected chi connectivity index (χ4v) is 2.05. The molecular formula is C14H10ClN3O3. The summed E-state index contributed by atoms with van der Waals surface area (Å²) in [7, 11) is 0. The molecule has 6 nitrogen and oxygen atoms in total. The lowest BCUT2D eigenvalue weighted by atomic mass is 10.1. The first-order valence-electron chi connectivity index (χ1n) is 6.03. The predicted octanol–water partition coefficient (Wildman–Crippen LogP) is 2.92. The number of ether oxygens (including phenoxy) is 1. The van der Waals surface area contributed by atoms with E-state index >= 15 is 0 Å². The lowest BCUT2D eigenvalue weighted by Gasteiger charge is -2.08. The van der Waals surface area contributed by atoms with E-state index < -0.39 is 5.63 Å². The Hall–Kier alpha value is -2.60. The van der Waals surface area contributed by atoms with Gasteiger partial charge in [0.2, 0.25) is 5.88 Å². The van der Waals surface area contributed by atoms with E-state index in [-0.39, 0.29) is 16.7 Å². The maximum atomic E-state index is 11.4. The second-order valence-corrected chi connectivity index (χ2v) is 4.76. The Morgan fingerprint density at radius 3 is 2.90 bits per heavy atom. The molecule has 106 valence electrons. The van der Waals surface area contributed by atoms with Crippen molar-refractivity contribution in [1.82, 2.24) is 9.97 Å². The van der Waals surface area contributed by atoms with Gasteiger partial charge in [-0.15, -0.1) is 0 Å². The van der Waals surface area contributed by atoms with Crippen molar-refractivity contribution in [3.05, 3.63) is 51.6 Å². The van der Waals surface area contributed by atoms with E-state index in [0.29, 0.717) is 11.3 Å². The minimum absolute atomic E-state index is 0.128. The van der Waals surface area contributed by atoms with Gasteiger partial charge in [-0.25, -0.2) is 9.78 Å². The van der Waals surface area contributed by atoms with Gasteiger partial charge in [0.25, 0.3) is 0 Å². The fraction of sp³-hybridized carbons (Fsp3) is 0.0714. The molecule has 0 aliphatic carbocycles. The molecule has 0 unspecified atom stereocenters. The maximum absolute atomic E-state index is 11.4. The monoisotopic (exact) mass is 303 g/mol. The number of nitrogen functional groups attached to an aromatic ring is 1. The van der Waals surface area contributed by atoms with Crippen molar-refractivity contribution < 1.29 is 9.15 Å². The van der Waals surface area contributed by atoms with E-state index in [2.05, 4.69) is 9.97 Å². The summed E-state index contributed by atoms with van der Waals surface area (Å²) >= 11 is 5.96. The van der Waals surface area contributed by atoms with Crippen molar-refractivity contribution in [3.63, 3.8) is 0 Å². The third-order valence-electron chi connectivity index (χ3n) is 2.92. The Morgan fingerprint density at radius 2 is 2.10 bits per heavy atom. The molecule has 0 fully saturated rings. The molecule has 2 N–H and O–H groups in total. The highest BCUT2D eigenvalue weighted by Crippen LogP contribution is 2.31. The van der Waals surface area contributed by atoms with Gasteiger partial charge >= 0.3 is 5.63 Å². The summed E-state index contributed by atoms with van der Waals surface area (Å²) < 4.78 is 10.7. The predicted molar refractivity (Wildman–Crippen MR) is 78.7 cm³/mol. The molecule has 0 amide bonds. The molecule has 0 spiro atoms. The number of nitrogens with two attached hydrogens (primary N) is 1. The van der Waals surface area contributed by atoms with Gasteiger partial charge in [0.05, 0.1) is 0 Å². The first-order chi connectivity index (χ1) is 10.0. The molecule has 2 heterocycles. The molecule has 0 radical (unpaired) electrons. The van der Waals surface area contributed by atoms with Crippen LogP contribution in [0.3, 0.4) is 0 Å². The molecule has 1 aromatic carbocycles. The lowest BCUT2D eigenvalue weighted by Crippen LogP contribution is -1.98. The van der Waals surface area contributed by atoms with E-state index in [4.69, 9.17) is 26.5 Å². The van der Waals surface area contributed by atoms with Crippen molar-refractivity contribution in [1.29, 1.82) is 0 Å². The molecule has 3 rings (SSSR count).